The highest BCUT2D eigenvalue weighted by atomic mass is 32.2. The molecular weight excluding hydrogens is 416 g/mol. The first-order chi connectivity index (χ1) is 13.6. The van der Waals surface area contributed by atoms with Crippen molar-refractivity contribution < 1.29 is 29.4 Å². The highest BCUT2D eigenvalue weighted by Crippen LogP contribution is 2.45. The van der Waals surface area contributed by atoms with Crippen molar-refractivity contribution in [1.29, 1.82) is 0 Å². The van der Waals surface area contributed by atoms with Crippen molar-refractivity contribution in [1.82, 2.24) is 4.90 Å². The molecular formula is C19H18N2O6S2. The first-order valence-electron chi connectivity index (χ1n) is 8.79. The standard InChI is InChI=1S/C19H18N2O6S2/c1-9(2)7-12(18(26)27)21-17(25)15(29-19(21)28)14-10-5-3-4-6-11(10)20(16(14)24)8-13(22)23/h3-6,9,12H,7-8H2,1-2H3,(H,22,23)(H,26,27). The van der Waals surface area contributed by atoms with E-state index in [1.54, 1.807) is 24.3 Å². The molecule has 1 aromatic carbocycles. The van der Waals surface area contributed by atoms with E-state index in [0.717, 1.165) is 21.6 Å². The van der Waals surface area contributed by atoms with E-state index in [-0.39, 0.29) is 27.1 Å². The summed E-state index contributed by atoms with van der Waals surface area (Å²) in [4.78, 5) is 51.2. The largest absolute Gasteiger partial charge is 0.480 e. The van der Waals surface area contributed by atoms with Crippen LogP contribution in [0.2, 0.25) is 0 Å². The molecule has 2 N–H and O–H groups in total. The van der Waals surface area contributed by atoms with Gasteiger partial charge in [-0.3, -0.25) is 24.2 Å². The van der Waals surface area contributed by atoms with E-state index in [4.69, 9.17) is 17.3 Å². The minimum Gasteiger partial charge on any atom is -0.480 e. The number of rotatable bonds is 6. The van der Waals surface area contributed by atoms with E-state index in [9.17, 15) is 24.3 Å². The summed E-state index contributed by atoms with van der Waals surface area (Å²) in [6.07, 6.45) is 0.208. The van der Waals surface area contributed by atoms with Gasteiger partial charge in [0, 0.05) is 5.56 Å². The predicted octanol–water partition coefficient (Wildman–Crippen LogP) is 2.19. The van der Waals surface area contributed by atoms with Crippen molar-refractivity contribution in [3.8, 4) is 0 Å². The second kappa shape index (κ2) is 7.96. The maximum absolute atomic E-state index is 13.1. The monoisotopic (exact) mass is 434 g/mol. The Bertz CT molecular complexity index is 971. The molecule has 0 bridgehead atoms. The van der Waals surface area contributed by atoms with Gasteiger partial charge in [-0.1, -0.05) is 56.0 Å². The average molecular weight is 434 g/mol. The molecule has 3 rings (SSSR count). The third-order valence-electron chi connectivity index (χ3n) is 4.53. The number of carbonyl (C=O) groups is 4. The average Bonchev–Trinajstić information content (AvgIpc) is 3.06. The summed E-state index contributed by atoms with van der Waals surface area (Å²) in [6, 6.07) is 5.43. The molecule has 0 aliphatic carbocycles. The topological polar surface area (TPSA) is 115 Å². The molecule has 0 aromatic heterocycles. The fourth-order valence-corrected chi connectivity index (χ4v) is 4.78. The molecule has 1 fully saturated rings. The first kappa shape index (κ1) is 21.0. The van der Waals surface area contributed by atoms with Crippen molar-refractivity contribution in [2.45, 2.75) is 26.3 Å². The van der Waals surface area contributed by atoms with E-state index < -0.39 is 36.3 Å². The summed E-state index contributed by atoms with van der Waals surface area (Å²) in [6.45, 7) is 3.13. The van der Waals surface area contributed by atoms with Crippen molar-refractivity contribution >= 4 is 63.3 Å². The summed E-state index contributed by atoms with van der Waals surface area (Å²) in [5.41, 5.74) is 0.863. The fraction of sp³-hybridized carbons (Fsp3) is 0.316. The maximum Gasteiger partial charge on any atom is 0.326 e. The number of hydrogen-bond donors (Lipinski definition) is 2. The third-order valence-corrected chi connectivity index (χ3v) is 5.94. The predicted molar refractivity (Wildman–Crippen MR) is 111 cm³/mol. The van der Waals surface area contributed by atoms with Crippen LogP contribution in [0.25, 0.3) is 5.57 Å². The number of benzene rings is 1. The SMILES string of the molecule is CC(C)CC(C(=O)O)N1C(=O)C(=C2C(=O)N(CC(=O)O)c3ccccc32)SC1=S. The molecule has 2 amide bonds. The Balaban J connectivity index is 2.09. The van der Waals surface area contributed by atoms with Crippen LogP contribution in [0.4, 0.5) is 5.69 Å². The van der Waals surface area contributed by atoms with Gasteiger partial charge >= 0.3 is 11.9 Å². The molecule has 10 heteroatoms. The lowest BCUT2D eigenvalue weighted by molar-refractivity contribution is -0.145. The van der Waals surface area contributed by atoms with E-state index in [1.165, 1.54) is 0 Å². The smallest absolute Gasteiger partial charge is 0.326 e. The molecule has 1 unspecified atom stereocenters. The number of thioether (sulfide) groups is 1. The summed E-state index contributed by atoms with van der Waals surface area (Å²) in [7, 11) is 0. The lowest BCUT2D eigenvalue weighted by atomic mass is 10.0. The van der Waals surface area contributed by atoms with E-state index in [0.29, 0.717) is 11.3 Å². The van der Waals surface area contributed by atoms with Crippen LogP contribution in [0.3, 0.4) is 0 Å². The van der Waals surface area contributed by atoms with E-state index >= 15 is 0 Å². The Morgan fingerprint density at radius 1 is 1.14 bits per heavy atom. The van der Waals surface area contributed by atoms with E-state index in [1.807, 2.05) is 13.8 Å². The Hall–Kier alpha value is -2.72. The molecule has 2 heterocycles. The van der Waals surface area contributed by atoms with Crippen molar-refractivity contribution in [3.63, 3.8) is 0 Å². The van der Waals surface area contributed by atoms with Gasteiger partial charge in [-0.15, -0.1) is 0 Å². The Morgan fingerprint density at radius 3 is 2.38 bits per heavy atom. The third kappa shape index (κ3) is 3.77. The summed E-state index contributed by atoms with van der Waals surface area (Å²) < 4.78 is 0.0625. The van der Waals surface area contributed by atoms with Gasteiger partial charge in [-0.05, 0) is 18.4 Å². The molecule has 2 aliphatic heterocycles. The maximum atomic E-state index is 13.1. The number of aliphatic carboxylic acids is 2. The number of carboxylic acids is 2. The Morgan fingerprint density at radius 2 is 1.79 bits per heavy atom. The number of para-hydroxylation sites is 1. The van der Waals surface area contributed by atoms with Crippen LogP contribution in [0.15, 0.2) is 29.2 Å². The zero-order valence-corrected chi connectivity index (χ0v) is 17.2. The van der Waals surface area contributed by atoms with Gasteiger partial charge in [0.05, 0.1) is 16.2 Å². The lowest BCUT2D eigenvalue weighted by Gasteiger charge is -2.24. The zero-order valence-electron chi connectivity index (χ0n) is 15.6. The van der Waals surface area contributed by atoms with Crippen LogP contribution >= 0.6 is 24.0 Å². The van der Waals surface area contributed by atoms with Crippen molar-refractivity contribution in [2.75, 3.05) is 11.4 Å². The van der Waals surface area contributed by atoms with Gasteiger partial charge in [-0.25, -0.2) is 4.79 Å². The number of carboxylic acid groups (broad SMARTS) is 2. The number of hydrogen-bond acceptors (Lipinski definition) is 6. The molecule has 1 aromatic rings. The van der Waals surface area contributed by atoms with Gasteiger partial charge in [0.15, 0.2) is 0 Å². The molecule has 29 heavy (non-hydrogen) atoms. The minimum absolute atomic E-state index is 0.00768. The molecule has 2 aliphatic rings. The van der Waals surface area contributed by atoms with Crippen LogP contribution in [0.5, 0.6) is 0 Å². The van der Waals surface area contributed by atoms with Crippen molar-refractivity contribution in [2.24, 2.45) is 5.92 Å². The van der Waals surface area contributed by atoms with Gasteiger partial charge in [-0.2, -0.15) is 0 Å². The van der Waals surface area contributed by atoms with Crippen LogP contribution in [0.1, 0.15) is 25.8 Å². The van der Waals surface area contributed by atoms with Gasteiger partial charge in [0.25, 0.3) is 11.8 Å². The molecule has 8 nitrogen and oxygen atoms in total. The Labute approximate surface area is 176 Å². The first-order valence-corrected chi connectivity index (χ1v) is 10.0. The summed E-state index contributed by atoms with van der Waals surface area (Å²) in [5.74, 6) is -3.63. The number of amides is 2. The molecule has 0 saturated carbocycles. The second-order valence-electron chi connectivity index (χ2n) is 7.03. The van der Waals surface area contributed by atoms with Crippen LogP contribution in [0, 0.1) is 5.92 Å². The molecule has 152 valence electrons. The zero-order chi connectivity index (χ0) is 21.5. The van der Waals surface area contributed by atoms with Gasteiger partial charge < -0.3 is 10.2 Å². The molecule has 0 radical (unpaired) electrons. The quantitative estimate of drug-likeness (QED) is 0.517. The number of anilines is 1. The fourth-order valence-electron chi connectivity index (χ4n) is 3.35. The highest BCUT2D eigenvalue weighted by molar-refractivity contribution is 8.26. The van der Waals surface area contributed by atoms with Crippen LogP contribution in [-0.2, 0) is 19.2 Å². The number of fused-ring (bicyclic) bond motifs is 1. The van der Waals surface area contributed by atoms with Gasteiger partial charge in [0.1, 0.15) is 16.9 Å². The van der Waals surface area contributed by atoms with Crippen molar-refractivity contribution in [3.05, 3.63) is 34.7 Å². The molecule has 1 atom stereocenters. The number of thiocarbonyl (C=S) groups is 1. The molecule has 1 saturated heterocycles. The number of carbonyl (C=O) groups excluding carboxylic acids is 2. The second-order valence-corrected chi connectivity index (χ2v) is 8.68. The molecule has 0 spiro atoms. The lowest BCUT2D eigenvalue weighted by Crippen LogP contribution is -2.44. The minimum atomic E-state index is -1.19. The normalized spacial score (nSPS) is 19.9. The van der Waals surface area contributed by atoms with E-state index in [2.05, 4.69) is 0 Å². The number of nitrogens with zero attached hydrogens (tertiary/aromatic N) is 2. The van der Waals surface area contributed by atoms with Crippen LogP contribution in [-0.4, -0.2) is 55.8 Å². The van der Waals surface area contributed by atoms with Gasteiger partial charge in [0.2, 0.25) is 0 Å². The Kier molecular flexibility index (Phi) is 5.76. The van der Waals surface area contributed by atoms with Crippen LogP contribution < -0.4 is 4.90 Å². The summed E-state index contributed by atoms with van der Waals surface area (Å²) in [5, 5.41) is 18.7. The highest BCUT2D eigenvalue weighted by Gasteiger charge is 2.46. The summed E-state index contributed by atoms with van der Waals surface area (Å²) >= 11 is 6.14.